The molecule has 8 rings (SSSR count). The average molecular weight is 833 g/mol. The molecule has 0 spiro atoms. The van der Waals surface area contributed by atoms with Crippen LogP contribution in [0.5, 0.6) is 11.5 Å². The van der Waals surface area contributed by atoms with Crippen molar-refractivity contribution in [1.82, 2.24) is 48.9 Å². The van der Waals surface area contributed by atoms with Crippen molar-refractivity contribution in [2.24, 2.45) is 11.5 Å². The van der Waals surface area contributed by atoms with Gasteiger partial charge in [-0.05, 0) is 64.1 Å². The number of benzene rings is 2. The second kappa shape index (κ2) is 16.9. The van der Waals surface area contributed by atoms with Crippen LogP contribution in [0.25, 0.3) is 22.1 Å². The minimum atomic E-state index is -0.673. The van der Waals surface area contributed by atoms with E-state index in [0.717, 1.165) is 13.1 Å². The Hall–Kier alpha value is -7.06. The zero-order valence-corrected chi connectivity index (χ0v) is 34.4. The molecule has 7 N–H and O–H groups in total. The Morgan fingerprint density at radius 3 is 1.56 bits per heavy atom. The maximum absolute atomic E-state index is 13.8. The van der Waals surface area contributed by atoms with Gasteiger partial charge in [0, 0.05) is 63.5 Å². The summed E-state index contributed by atoms with van der Waals surface area (Å²) in [5.74, 6) is -1.12. The lowest BCUT2D eigenvalue weighted by molar-refractivity contribution is 0.0821. The summed E-state index contributed by atoms with van der Waals surface area (Å²) >= 11 is 0. The molecule has 61 heavy (non-hydrogen) atoms. The second-order valence-electron chi connectivity index (χ2n) is 14.9. The fraction of sp³-hybridized carbons (Fsp3) is 0.366. The number of imidazole rings is 2. The van der Waals surface area contributed by atoms with Crippen molar-refractivity contribution in [3.8, 4) is 11.5 Å². The minimum Gasteiger partial charge on any atom is -0.490 e. The first-order valence-electron chi connectivity index (χ1n) is 20.2. The van der Waals surface area contributed by atoms with E-state index in [1.807, 2.05) is 39.8 Å². The molecule has 6 heterocycles. The molecule has 0 saturated carbocycles. The summed E-state index contributed by atoms with van der Waals surface area (Å²) in [5.41, 5.74) is 15.9. The largest absolute Gasteiger partial charge is 0.490 e. The van der Waals surface area contributed by atoms with E-state index in [0.29, 0.717) is 82.5 Å². The SMILES string of the molecule is CCn1nc(C)cc1C(=O)Nc1nc2cc(C(N)=O)cc3c2n1C/C=C/Cn1c(NC(=O)c2cc(C)nn2CC)nc2cc(C(N)=O)cc(c21)OCC(N1CCNCC1)CO3. The Kier molecular flexibility index (Phi) is 11.3. The number of hydrogen-bond acceptors (Lipinski definition) is 12. The number of nitrogens with zero attached hydrogens (tertiary/aromatic N) is 9. The smallest absolute Gasteiger partial charge is 0.276 e. The van der Waals surface area contributed by atoms with E-state index in [-0.39, 0.29) is 55.4 Å². The lowest BCUT2D eigenvalue weighted by atomic mass is 10.1. The Bertz CT molecular complexity index is 2540. The van der Waals surface area contributed by atoms with Gasteiger partial charge in [-0.3, -0.25) is 44.1 Å². The average Bonchev–Trinajstić information content (AvgIpc) is 4.01. The standard InChI is InChI=1S/C41H48N14O6/c1-5-54-30(15-23(3)49-54)38(58)47-40-45-28-17-25(36(42)56)19-32-34(28)52(40)11-7-8-12-53-35-29(46-41(53)48-39(59)31-16-24(4)50-55(31)6-2)18-26(37(43)57)20-33(35)61-22-27(21-60-32)51-13-9-44-10-14-51/h7-8,15-20,27,44H,5-6,9-14,21-22H2,1-4H3,(H2,42,56)(H2,43,57)(H,45,47,58)(H,46,48,59)/b8-7+. The van der Waals surface area contributed by atoms with E-state index < -0.39 is 23.6 Å². The number of amides is 4. The summed E-state index contributed by atoms with van der Waals surface area (Å²) in [6.07, 6.45) is 3.74. The van der Waals surface area contributed by atoms with Crippen molar-refractivity contribution in [3.63, 3.8) is 0 Å². The van der Waals surface area contributed by atoms with Gasteiger partial charge in [0.2, 0.25) is 23.7 Å². The summed E-state index contributed by atoms with van der Waals surface area (Å²) in [6.45, 7) is 11.8. The third-order valence-electron chi connectivity index (χ3n) is 10.8. The van der Waals surface area contributed by atoms with E-state index in [1.165, 1.54) is 0 Å². The number of ether oxygens (including phenoxy) is 2. The van der Waals surface area contributed by atoms with Gasteiger partial charge in [-0.2, -0.15) is 10.2 Å². The van der Waals surface area contributed by atoms with E-state index in [9.17, 15) is 19.2 Å². The van der Waals surface area contributed by atoms with Crippen LogP contribution < -0.4 is 36.9 Å². The van der Waals surface area contributed by atoms with E-state index in [2.05, 4.69) is 31.0 Å². The summed E-state index contributed by atoms with van der Waals surface area (Å²) in [4.78, 5) is 64.8. The van der Waals surface area contributed by atoms with Crippen LogP contribution in [0.4, 0.5) is 11.9 Å². The highest BCUT2D eigenvalue weighted by Gasteiger charge is 2.28. The van der Waals surface area contributed by atoms with Crippen molar-refractivity contribution < 1.29 is 28.7 Å². The number of piperazine rings is 1. The lowest BCUT2D eigenvalue weighted by Crippen LogP contribution is -2.52. The van der Waals surface area contributed by atoms with Gasteiger partial charge in [0.25, 0.3) is 11.8 Å². The summed E-state index contributed by atoms with van der Waals surface area (Å²) < 4.78 is 20.1. The third kappa shape index (κ3) is 8.14. The summed E-state index contributed by atoms with van der Waals surface area (Å²) in [6, 6.07) is 9.37. The first-order chi connectivity index (χ1) is 29.4. The Labute approximate surface area is 349 Å². The highest BCUT2D eigenvalue weighted by molar-refractivity contribution is 6.05. The number of rotatable bonds is 9. The number of allylic oxidation sites excluding steroid dienone is 2. The van der Waals surface area contributed by atoms with Gasteiger partial charge < -0.3 is 35.4 Å². The molecule has 0 aliphatic carbocycles. The number of nitrogens with two attached hydrogens (primary N) is 2. The van der Waals surface area contributed by atoms with Crippen LogP contribution in [-0.4, -0.2) is 113 Å². The van der Waals surface area contributed by atoms with Crippen molar-refractivity contribution in [3.05, 3.63) is 82.5 Å². The molecule has 6 aromatic rings. The van der Waals surface area contributed by atoms with E-state index >= 15 is 0 Å². The van der Waals surface area contributed by atoms with Crippen molar-refractivity contribution in [1.29, 1.82) is 0 Å². The predicted molar refractivity (Wildman–Crippen MR) is 226 cm³/mol. The summed E-state index contributed by atoms with van der Waals surface area (Å²) in [5, 5.41) is 18.2. The predicted octanol–water partition coefficient (Wildman–Crippen LogP) is 2.44. The quantitative estimate of drug-likeness (QED) is 0.132. The molecule has 20 heteroatoms. The van der Waals surface area contributed by atoms with Crippen LogP contribution in [0.1, 0.15) is 66.9 Å². The molecule has 1 fully saturated rings. The van der Waals surface area contributed by atoms with Gasteiger partial charge in [0.15, 0.2) is 0 Å². The van der Waals surface area contributed by atoms with Crippen molar-refractivity contribution >= 4 is 57.6 Å². The number of carbonyl (C=O) groups is 4. The van der Waals surface area contributed by atoms with Crippen molar-refractivity contribution in [2.75, 3.05) is 50.0 Å². The first-order valence-corrected chi connectivity index (χ1v) is 20.2. The number of aromatic nitrogens is 8. The number of anilines is 2. The van der Waals surface area contributed by atoms with Crippen LogP contribution in [0.3, 0.4) is 0 Å². The molecular formula is C41H48N14O6. The zero-order chi connectivity index (χ0) is 42.9. The molecule has 4 amide bonds. The Morgan fingerprint density at radius 1 is 0.705 bits per heavy atom. The highest BCUT2D eigenvalue weighted by atomic mass is 16.5. The van der Waals surface area contributed by atoms with Crippen LogP contribution in [0.2, 0.25) is 0 Å². The zero-order valence-electron chi connectivity index (χ0n) is 34.4. The third-order valence-corrected chi connectivity index (χ3v) is 10.8. The normalized spacial score (nSPS) is 15.7. The molecule has 0 radical (unpaired) electrons. The monoisotopic (exact) mass is 832 g/mol. The van der Waals surface area contributed by atoms with Crippen LogP contribution in [0.15, 0.2) is 48.6 Å². The Balaban J connectivity index is 1.27. The molecule has 20 nitrogen and oxygen atoms in total. The van der Waals surface area contributed by atoms with Crippen molar-refractivity contribution in [2.45, 2.75) is 59.9 Å². The van der Waals surface area contributed by atoms with Crippen LogP contribution in [0, 0.1) is 13.8 Å². The minimum absolute atomic E-state index is 0.110. The number of hydrogen-bond donors (Lipinski definition) is 5. The van der Waals surface area contributed by atoms with Crippen LogP contribution in [-0.2, 0) is 26.2 Å². The highest BCUT2D eigenvalue weighted by Crippen LogP contribution is 2.34. The van der Waals surface area contributed by atoms with Gasteiger partial charge >= 0.3 is 0 Å². The molecular weight excluding hydrogens is 785 g/mol. The molecule has 1 saturated heterocycles. The van der Waals surface area contributed by atoms with Gasteiger partial charge in [0.1, 0.15) is 47.1 Å². The number of primary amides is 2. The number of nitrogens with one attached hydrogen (secondary N) is 3. The molecule has 2 aliphatic rings. The van der Waals surface area contributed by atoms with Gasteiger partial charge in [-0.25, -0.2) is 9.97 Å². The fourth-order valence-corrected chi connectivity index (χ4v) is 7.82. The van der Waals surface area contributed by atoms with E-state index in [1.54, 1.807) is 54.9 Å². The molecule has 4 aromatic heterocycles. The molecule has 0 atom stereocenters. The lowest BCUT2D eigenvalue weighted by Gasteiger charge is -2.34. The Morgan fingerprint density at radius 2 is 1.15 bits per heavy atom. The molecule has 0 bridgehead atoms. The molecule has 2 aliphatic heterocycles. The van der Waals surface area contributed by atoms with Gasteiger partial charge in [-0.1, -0.05) is 12.2 Å². The van der Waals surface area contributed by atoms with E-state index in [4.69, 9.17) is 30.9 Å². The topological polar surface area (TPSA) is 249 Å². The molecule has 2 aromatic carbocycles. The maximum atomic E-state index is 13.8. The summed E-state index contributed by atoms with van der Waals surface area (Å²) in [7, 11) is 0. The first kappa shape index (κ1) is 40.7. The molecule has 318 valence electrons. The number of carbonyl (C=O) groups excluding carboxylic acids is 4. The maximum Gasteiger partial charge on any atom is 0.276 e. The second-order valence-corrected chi connectivity index (χ2v) is 14.9. The van der Waals surface area contributed by atoms with Gasteiger partial charge in [0.05, 0.1) is 28.5 Å². The fourth-order valence-electron chi connectivity index (χ4n) is 7.82. The van der Waals surface area contributed by atoms with Gasteiger partial charge in [-0.15, -0.1) is 0 Å². The van der Waals surface area contributed by atoms with Crippen LogP contribution >= 0.6 is 0 Å². The number of aryl methyl sites for hydroxylation is 4. The molecule has 0 unspecified atom stereocenters.